The molecule has 1 saturated heterocycles. The SMILES string of the molecule is OC1(c2cccc(Br)c2Cl)CCCNC1. The maximum atomic E-state index is 10.5. The number of piperidine rings is 1. The van der Waals surface area contributed by atoms with E-state index >= 15 is 0 Å². The lowest BCUT2D eigenvalue weighted by Gasteiger charge is -2.33. The molecule has 2 N–H and O–H groups in total. The number of aliphatic hydroxyl groups is 1. The minimum absolute atomic E-state index is 0.573. The van der Waals surface area contributed by atoms with E-state index in [4.69, 9.17) is 11.6 Å². The van der Waals surface area contributed by atoms with Gasteiger partial charge in [-0.15, -0.1) is 0 Å². The van der Waals surface area contributed by atoms with Gasteiger partial charge in [-0.3, -0.25) is 0 Å². The molecule has 0 saturated carbocycles. The Morgan fingerprint density at radius 3 is 2.93 bits per heavy atom. The van der Waals surface area contributed by atoms with Crippen LogP contribution in [0, 0.1) is 0 Å². The van der Waals surface area contributed by atoms with E-state index in [1.807, 2.05) is 18.2 Å². The van der Waals surface area contributed by atoms with Crippen LogP contribution in [0.25, 0.3) is 0 Å². The molecule has 0 radical (unpaired) electrons. The molecule has 1 fully saturated rings. The normalized spacial score (nSPS) is 26.6. The number of β-amino-alcohol motifs (C(OH)–C–C–N with tert-alkyl or cyclic N) is 1. The van der Waals surface area contributed by atoms with E-state index in [0.29, 0.717) is 11.6 Å². The average Bonchev–Trinajstić information content (AvgIpc) is 2.23. The van der Waals surface area contributed by atoms with Crippen LogP contribution in [0.1, 0.15) is 18.4 Å². The predicted octanol–water partition coefficient (Wildman–Crippen LogP) is 2.67. The molecule has 0 aliphatic carbocycles. The molecule has 0 spiro atoms. The molecule has 82 valence electrons. The zero-order valence-corrected chi connectivity index (χ0v) is 10.6. The summed E-state index contributed by atoms with van der Waals surface area (Å²) in [5.74, 6) is 0. The minimum Gasteiger partial charge on any atom is -0.384 e. The summed E-state index contributed by atoms with van der Waals surface area (Å²) in [6, 6.07) is 5.67. The van der Waals surface area contributed by atoms with Crippen molar-refractivity contribution in [2.24, 2.45) is 0 Å². The van der Waals surface area contributed by atoms with Gasteiger partial charge in [-0.05, 0) is 41.4 Å². The highest BCUT2D eigenvalue weighted by atomic mass is 79.9. The number of hydrogen-bond donors (Lipinski definition) is 2. The first-order chi connectivity index (χ1) is 7.13. The molecule has 1 aliphatic heterocycles. The van der Waals surface area contributed by atoms with Gasteiger partial charge < -0.3 is 10.4 Å². The second kappa shape index (κ2) is 4.42. The van der Waals surface area contributed by atoms with E-state index in [2.05, 4.69) is 21.2 Å². The molecule has 15 heavy (non-hydrogen) atoms. The van der Waals surface area contributed by atoms with Gasteiger partial charge in [-0.1, -0.05) is 23.7 Å². The first-order valence-electron chi connectivity index (χ1n) is 5.01. The van der Waals surface area contributed by atoms with Gasteiger partial charge >= 0.3 is 0 Å². The maximum absolute atomic E-state index is 10.5. The molecular weight excluding hydrogens is 277 g/mol. The fourth-order valence-corrected chi connectivity index (χ4v) is 2.65. The van der Waals surface area contributed by atoms with Crippen molar-refractivity contribution in [2.45, 2.75) is 18.4 Å². The largest absolute Gasteiger partial charge is 0.384 e. The quantitative estimate of drug-likeness (QED) is 0.833. The smallest absolute Gasteiger partial charge is 0.103 e. The van der Waals surface area contributed by atoms with E-state index in [0.717, 1.165) is 29.4 Å². The Hall–Kier alpha value is -0.0900. The van der Waals surface area contributed by atoms with Crippen LogP contribution in [0.4, 0.5) is 0 Å². The third-order valence-electron chi connectivity index (χ3n) is 2.81. The van der Waals surface area contributed by atoms with Crippen LogP contribution in [0.2, 0.25) is 5.02 Å². The number of halogens is 2. The van der Waals surface area contributed by atoms with Gasteiger partial charge in [0.15, 0.2) is 0 Å². The summed E-state index contributed by atoms with van der Waals surface area (Å²) in [6.07, 6.45) is 1.73. The van der Waals surface area contributed by atoms with Crippen LogP contribution in [-0.4, -0.2) is 18.2 Å². The van der Waals surface area contributed by atoms with E-state index in [-0.39, 0.29) is 0 Å². The van der Waals surface area contributed by atoms with E-state index in [9.17, 15) is 5.11 Å². The number of benzene rings is 1. The Bertz CT molecular complexity index is 364. The van der Waals surface area contributed by atoms with Crippen molar-refractivity contribution in [1.29, 1.82) is 0 Å². The molecule has 0 amide bonds. The number of hydrogen-bond acceptors (Lipinski definition) is 2. The maximum Gasteiger partial charge on any atom is 0.103 e. The Morgan fingerprint density at radius 1 is 1.47 bits per heavy atom. The van der Waals surface area contributed by atoms with Crippen LogP contribution in [-0.2, 0) is 5.60 Å². The predicted molar refractivity (Wildman–Crippen MR) is 65.2 cm³/mol. The Labute approximate surface area is 103 Å². The van der Waals surface area contributed by atoms with Gasteiger partial charge in [0.2, 0.25) is 0 Å². The number of nitrogens with one attached hydrogen (secondary N) is 1. The fourth-order valence-electron chi connectivity index (χ4n) is 1.98. The lowest BCUT2D eigenvalue weighted by molar-refractivity contribution is 0.0123. The highest BCUT2D eigenvalue weighted by molar-refractivity contribution is 9.10. The third kappa shape index (κ3) is 2.21. The second-order valence-electron chi connectivity index (χ2n) is 3.91. The second-order valence-corrected chi connectivity index (χ2v) is 5.15. The van der Waals surface area contributed by atoms with Gasteiger partial charge in [0, 0.05) is 16.6 Å². The average molecular weight is 291 g/mol. The molecule has 0 aromatic heterocycles. The summed E-state index contributed by atoms with van der Waals surface area (Å²) >= 11 is 9.55. The van der Waals surface area contributed by atoms with Crippen molar-refractivity contribution in [1.82, 2.24) is 5.32 Å². The first-order valence-corrected chi connectivity index (χ1v) is 6.18. The highest BCUT2D eigenvalue weighted by Crippen LogP contribution is 2.36. The third-order valence-corrected chi connectivity index (χ3v) is 4.11. The van der Waals surface area contributed by atoms with Gasteiger partial charge in [-0.2, -0.15) is 0 Å². The first kappa shape index (κ1) is 11.4. The zero-order valence-electron chi connectivity index (χ0n) is 8.26. The monoisotopic (exact) mass is 289 g/mol. The molecule has 1 atom stereocenters. The van der Waals surface area contributed by atoms with Crippen LogP contribution in [0.15, 0.2) is 22.7 Å². The summed E-state index contributed by atoms with van der Waals surface area (Å²) in [5, 5.41) is 14.3. The summed E-state index contributed by atoms with van der Waals surface area (Å²) in [4.78, 5) is 0. The molecule has 2 nitrogen and oxygen atoms in total. The summed E-state index contributed by atoms with van der Waals surface area (Å²) in [5.41, 5.74) is -0.00945. The molecule has 0 bridgehead atoms. The Balaban J connectivity index is 2.39. The van der Waals surface area contributed by atoms with E-state index in [1.165, 1.54) is 0 Å². The molecule has 4 heteroatoms. The Kier molecular flexibility index (Phi) is 3.36. The van der Waals surface area contributed by atoms with E-state index < -0.39 is 5.60 Å². The van der Waals surface area contributed by atoms with Gasteiger partial charge in [0.05, 0.1) is 5.02 Å². The standard InChI is InChI=1S/C11H13BrClNO/c12-9-4-1-3-8(10(9)13)11(15)5-2-6-14-7-11/h1,3-4,14-15H,2,5-7H2. The van der Waals surface area contributed by atoms with Crippen LogP contribution < -0.4 is 5.32 Å². The van der Waals surface area contributed by atoms with Crippen molar-refractivity contribution >= 4 is 27.5 Å². The van der Waals surface area contributed by atoms with Gasteiger partial charge in [0.1, 0.15) is 5.60 Å². The topological polar surface area (TPSA) is 32.3 Å². The van der Waals surface area contributed by atoms with Gasteiger partial charge in [-0.25, -0.2) is 0 Å². The summed E-state index contributed by atoms with van der Waals surface area (Å²) in [7, 11) is 0. The summed E-state index contributed by atoms with van der Waals surface area (Å²) < 4.78 is 0.834. The van der Waals surface area contributed by atoms with Crippen LogP contribution in [0.3, 0.4) is 0 Å². The highest BCUT2D eigenvalue weighted by Gasteiger charge is 2.33. The van der Waals surface area contributed by atoms with Crippen molar-refractivity contribution in [2.75, 3.05) is 13.1 Å². The lowest BCUT2D eigenvalue weighted by atomic mass is 9.87. The molecule has 1 unspecified atom stereocenters. The van der Waals surface area contributed by atoms with Crippen molar-refractivity contribution < 1.29 is 5.11 Å². The minimum atomic E-state index is -0.820. The van der Waals surface area contributed by atoms with Crippen LogP contribution in [0.5, 0.6) is 0 Å². The molecule has 1 aliphatic rings. The fraction of sp³-hybridized carbons (Fsp3) is 0.455. The number of rotatable bonds is 1. The molecule has 1 aromatic rings. The molecular formula is C11H13BrClNO. The van der Waals surface area contributed by atoms with Crippen LogP contribution >= 0.6 is 27.5 Å². The molecule has 2 rings (SSSR count). The van der Waals surface area contributed by atoms with Crippen molar-refractivity contribution in [3.8, 4) is 0 Å². The Morgan fingerprint density at radius 2 is 2.27 bits per heavy atom. The van der Waals surface area contributed by atoms with Crippen molar-refractivity contribution in [3.05, 3.63) is 33.3 Å². The summed E-state index contributed by atoms with van der Waals surface area (Å²) in [6.45, 7) is 1.54. The van der Waals surface area contributed by atoms with E-state index in [1.54, 1.807) is 0 Å². The molecule has 1 heterocycles. The van der Waals surface area contributed by atoms with Crippen molar-refractivity contribution in [3.63, 3.8) is 0 Å². The zero-order chi connectivity index (χ0) is 10.9. The molecule has 1 aromatic carbocycles. The van der Waals surface area contributed by atoms with Gasteiger partial charge in [0.25, 0.3) is 0 Å². The lowest BCUT2D eigenvalue weighted by Crippen LogP contribution is -2.43.